The number of hydrogen-bond acceptors (Lipinski definition) is 32. The molecule has 0 spiro atoms. The number of nitrogens with two attached hydrogens (primary N) is 4. The molecule has 8 amide bonds. The van der Waals surface area contributed by atoms with Crippen molar-refractivity contribution >= 4 is 139 Å². The van der Waals surface area contributed by atoms with Crippen LogP contribution in [-0.4, -0.2) is 336 Å². The van der Waals surface area contributed by atoms with Crippen molar-refractivity contribution in [3.8, 4) is 0 Å². The number of nitrogens with zero attached hydrogens (tertiary/aromatic N) is 27. The fourth-order valence-electron chi connectivity index (χ4n) is 21.3. The number of carbonyl (C=O) groups is 8. The molecule has 9 aliphatic heterocycles. The second-order valence-corrected chi connectivity index (χ2v) is 38.6. The number of halogens is 8. The van der Waals surface area contributed by atoms with E-state index in [0.29, 0.717) is 135 Å². The van der Waals surface area contributed by atoms with Crippen LogP contribution in [0.1, 0.15) is 125 Å². The maximum atomic E-state index is 15.0. The van der Waals surface area contributed by atoms with Gasteiger partial charge in [-0.05, 0) is 104 Å². The van der Waals surface area contributed by atoms with E-state index in [9.17, 15) is 64.7 Å². The highest BCUT2D eigenvalue weighted by Crippen LogP contribution is 2.41. The average Bonchev–Trinajstić information content (AvgIpc) is 1.64. The van der Waals surface area contributed by atoms with Gasteiger partial charge in [0.15, 0.2) is 92.4 Å². The maximum absolute atomic E-state index is 15.0. The number of piperidine rings is 4. The van der Waals surface area contributed by atoms with Crippen LogP contribution in [0.15, 0.2) is 99.1 Å². The number of likely N-dealkylation sites (N-methyl/N-ethyl adjacent to an activating group) is 1. The molecule has 1 aliphatic carbocycles. The number of pyridine rings is 4. The van der Waals surface area contributed by atoms with Crippen LogP contribution in [0.3, 0.4) is 0 Å². The van der Waals surface area contributed by atoms with Gasteiger partial charge in [-0.3, -0.25) is 68.1 Å². The van der Waals surface area contributed by atoms with Crippen LogP contribution in [0.4, 0.5) is 104 Å². The molecule has 0 bridgehead atoms. The van der Waals surface area contributed by atoms with Crippen molar-refractivity contribution in [3.63, 3.8) is 0 Å². The fourth-order valence-corrected chi connectivity index (χ4v) is 21.3. The highest BCUT2D eigenvalue weighted by atomic mass is 19.2. The van der Waals surface area contributed by atoms with Crippen molar-refractivity contribution in [3.05, 3.63) is 168 Å². The van der Waals surface area contributed by atoms with Crippen LogP contribution in [0.2, 0.25) is 0 Å². The normalized spacial score (nSPS) is 18.9. The molecule has 44 nitrogen and oxygen atoms in total. The maximum Gasteiger partial charge on any atom is 0.263 e. The monoisotopic (exact) mass is 2050 g/mol. The summed E-state index contributed by atoms with van der Waals surface area (Å²) >= 11 is 0. The summed E-state index contributed by atoms with van der Waals surface area (Å²) < 4.78 is 118. The molecule has 12 aromatic rings. The smallest absolute Gasteiger partial charge is 0.263 e. The standard InChI is InChI=1S/2C25H29F2N9O2.C24H29F2N9O2.C22H25F2N9O2/c26-16-11-30-23-20(22(28)32-36(23)14-16)24(37)31-19-13-29-12-18(27)21(19)34-5-3-15(4-6-34)25(38)35-9-7-33(8-10-35)17-1-2-17;26-16-10-30-23-20(22(28)32-36(23)13-16)24(37)31-19-12-29-11-18(27)21(19)34-6-3-15(4-7-34)25(38)35-9-8-33-5-1-2-17(33)14-35;1-32(2)16-5-8-34(13-16)24(37)14-3-6-33(7-4-14)20-17(26)10-28-11-18(20)30-23(36)19-21(27)31-35-12-15(25)9-29-22(19)35;23-14-9-28-20-17(19(25)30-33(20)12-14)21(34)29-16-11-27-10-15(24)18(16)31-5-1-13(2-6-31)22(35)32-7-3-26-4-8-32/h11-15,17H,1-10H2,(H2,28,32)(H,31,37);10-13,15,17H,1-9,14H2,(H2,28,32)(H,31,37);9-12,14,16H,3-8,13H2,1-2H3,(H2,27,31)(H,30,36);9-13,26H,1-8H2,(H2,25,30)(H,29,34)/t;;16-;/m..1./s1. The van der Waals surface area contributed by atoms with Gasteiger partial charge in [0.05, 0.1) is 122 Å². The van der Waals surface area contributed by atoms with E-state index in [1.807, 2.05) is 48.4 Å². The Morgan fingerprint density at radius 1 is 0.318 bits per heavy atom. The summed E-state index contributed by atoms with van der Waals surface area (Å²) in [5.74, 6) is -7.91. The van der Waals surface area contributed by atoms with E-state index in [-0.39, 0.29) is 161 Å². The minimum absolute atomic E-state index is 0.0492. The Labute approximate surface area is 841 Å². The second-order valence-electron chi connectivity index (χ2n) is 38.6. The number of fused-ring (bicyclic) bond motifs is 5. The number of nitrogen functional groups attached to an aromatic ring is 4. The van der Waals surface area contributed by atoms with E-state index in [1.54, 1.807) is 4.90 Å². The molecule has 0 aromatic carbocycles. The van der Waals surface area contributed by atoms with E-state index in [0.717, 1.165) is 184 Å². The van der Waals surface area contributed by atoms with Gasteiger partial charge in [-0.15, -0.1) is 20.4 Å². The lowest BCUT2D eigenvalue weighted by atomic mass is 9.94. The molecule has 148 heavy (non-hydrogen) atoms. The first-order chi connectivity index (χ1) is 71.4. The zero-order valence-corrected chi connectivity index (χ0v) is 81.2. The number of carbonyl (C=O) groups excluding carboxylic acids is 8. The van der Waals surface area contributed by atoms with Gasteiger partial charge >= 0.3 is 0 Å². The van der Waals surface area contributed by atoms with Crippen LogP contribution < -0.4 is 69.1 Å². The molecule has 780 valence electrons. The molecular weight excluding hydrogens is 1940 g/mol. The lowest BCUT2D eigenvalue weighted by Crippen LogP contribution is -2.54. The Kier molecular flexibility index (Phi) is 29.9. The third kappa shape index (κ3) is 21.7. The number of rotatable bonds is 18. The summed E-state index contributed by atoms with van der Waals surface area (Å²) in [4.78, 5) is 158. The average molecular weight is 2050 g/mol. The molecule has 10 fully saturated rings. The van der Waals surface area contributed by atoms with Crippen molar-refractivity contribution in [2.75, 3.05) is 222 Å². The van der Waals surface area contributed by atoms with Crippen molar-refractivity contribution < 1.29 is 73.5 Å². The summed E-state index contributed by atoms with van der Waals surface area (Å²) in [7, 11) is 4.05. The van der Waals surface area contributed by atoms with Crippen LogP contribution in [0, 0.1) is 70.2 Å². The summed E-state index contributed by atoms with van der Waals surface area (Å²) in [6.45, 7) is 15.1. The summed E-state index contributed by atoms with van der Waals surface area (Å²) in [5.41, 5.74) is 25.1. The van der Waals surface area contributed by atoms with Crippen molar-refractivity contribution in [1.29, 1.82) is 0 Å². The third-order valence-electron chi connectivity index (χ3n) is 29.1. The number of likely N-dealkylation sites (tertiary alicyclic amines) is 1. The predicted molar refractivity (Wildman–Crippen MR) is 528 cm³/mol. The molecule has 12 aromatic heterocycles. The molecule has 1 unspecified atom stereocenters. The fraction of sp³-hybridized carbons (Fsp3) is 0.458. The lowest BCUT2D eigenvalue weighted by Gasteiger charge is -2.41. The van der Waals surface area contributed by atoms with Gasteiger partial charge in [0.2, 0.25) is 23.6 Å². The topological polar surface area (TPSA) is 509 Å². The Morgan fingerprint density at radius 3 is 0.899 bits per heavy atom. The molecule has 21 heterocycles. The van der Waals surface area contributed by atoms with Crippen molar-refractivity contribution in [1.82, 2.24) is 118 Å². The van der Waals surface area contributed by atoms with Crippen LogP contribution >= 0.6 is 0 Å². The summed E-state index contributed by atoms with van der Waals surface area (Å²) in [6.07, 6.45) is 28.4. The molecular formula is C96H112F8N36O8. The zero-order chi connectivity index (χ0) is 104. The Hall–Kier alpha value is -15.5. The number of nitrogens with one attached hydrogen (secondary N) is 5. The first-order valence-corrected chi connectivity index (χ1v) is 49.4. The van der Waals surface area contributed by atoms with Crippen LogP contribution in [0.5, 0.6) is 0 Å². The van der Waals surface area contributed by atoms with Crippen molar-refractivity contribution in [2.24, 2.45) is 23.7 Å². The van der Waals surface area contributed by atoms with E-state index < -0.39 is 70.2 Å². The minimum Gasteiger partial charge on any atom is -0.381 e. The molecule has 2 atom stereocenters. The first kappa shape index (κ1) is 101. The molecule has 0 radical (unpaired) electrons. The number of amides is 8. The van der Waals surface area contributed by atoms with Gasteiger partial charge in [0.25, 0.3) is 23.6 Å². The van der Waals surface area contributed by atoms with Gasteiger partial charge in [-0.1, -0.05) is 0 Å². The van der Waals surface area contributed by atoms with Gasteiger partial charge < -0.3 is 93.6 Å². The molecule has 1 saturated carbocycles. The Bertz CT molecular complexity index is 7000. The Morgan fingerprint density at radius 2 is 0.601 bits per heavy atom. The van der Waals surface area contributed by atoms with Gasteiger partial charge in [0.1, 0.15) is 45.0 Å². The molecule has 22 rings (SSSR count). The second kappa shape index (κ2) is 43.7. The molecule has 10 aliphatic rings. The van der Waals surface area contributed by atoms with Crippen LogP contribution in [0.25, 0.3) is 22.6 Å². The SMILES string of the molecule is CN(C)[C@@H]1CCN(C(=O)C2CCN(c3c(F)cncc3NC(=O)c3c(N)nn4cc(F)cnc34)CC2)C1.Nc1nn2cc(F)cnc2c1C(=O)Nc1cncc(F)c1N1CCC(C(=O)N2CCN(C3CC3)CC2)CC1.Nc1nn2cc(F)cnc2c1C(=O)Nc1cncc(F)c1N1CCC(C(=O)N2CCN3CCCC3C2)CC1.Nc1nn2cc(F)cnc2c1C(=O)Nc1cncc(F)c1N1CCC(C(=O)N2CCNCC2)CC1. The number of aromatic nitrogens is 16. The highest BCUT2D eigenvalue weighted by Gasteiger charge is 2.42. The molecule has 9 saturated heterocycles. The van der Waals surface area contributed by atoms with E-state index in [4.69, 9.17) is 22.9 Å². The largest absolute Gasteiger partial charge is 0.381 e. The highest BCUT2D eigenvalue weighted by molar-refractivity contribution is 6.15. The minimum atomic E-state index is -0.672. The first-order valence-electron chi connectivity index (χ1n) is 49.4. The lowest BCUT2D eigenvalue weighted by molar-refractivity contribution is -0.139. The van der Waals surface area contributed by atoms with Gasteiger partial charge in [-0.2, -0.15) is 0 Å². The third-order valence-corrected chi connectivity index (χ3v) is 29.1. The predicted octanol–water partition coefficient (Wildman–Crippen LogP) is 6.02. The quantitative estimate of drug-likeness (QED) is 0.0443. The summed E-state index contributed by atoms with van der Waals surface area (Å²) in [6, 6.07) is 1.56. The van der Waals surface area contributed by atoms with E-state index in [1.165, 1.54) is 44.0 Å². The molecule has 13 N–H and O–H groups in total. The van der Waals surface area contributed by atoms with Gasteiger partial charge in [-0.25, -0.2) is 73.1 Å². The number of piperazine rings is 3. The number of hydrogen-bond donors (Lipinski definition) is 9. The summed E-state index contributed by atoms with van der Waals surface area (Å²) in [5, 5.41) is 29.6. The zero-order valence-electron chi connectivity index (χ0n) is 81.2. The number of anilines is 12. The van der Waals surface area contributed by atoms with Crippen LogP contribution in [-0.2, 0) is 19.2 Å². The Balaban J connectivity index is 0.000000124. The van der Waals surface area contributed by atoms with E-state index >= 15 is 8.78 Å². The van der Waals surface area contributed by atoms with Gasteiger partial charge in [0, 0.05) is 179 Å². The van der Waals surface area contributed by atoms with E-state index in [2.05, 4.69) is 102 Å². The van der Waals surface area contributed by atoms with Crippen molar-refractivity contribution in [2.45, 2.75) is 102 Å². The molecule has 52 heteroatoms.